The summed E-state index contributed by atoms with van der Waals surface area (Å²) in [5, 5.41) is 3.27. The van der Waals surface area contributed by atoms with Crippen molar-refractivity contribution in [3.63, 3.8) is 0 Å². The van der Waals surface area contributed by atoms with Crippen molar-refractivity contribution in [3.05, 3.63) is 39.8 Å². The highest BCUT2D eigenvalue weighted by Gasteiger charge is 2.37. The van der Waals surface area contributed by atoms with Crippen molar-refractivity contribution in [3.8, 4) is 0 Å². The number of carbonyl (C=O) groups is 1. The molecule has 0 radical (unpaired) electrons. The molecule has 0 heterocycles. The fourth-order valence-electron chi connectivity index (χ4n) is 3.58. The lowest BCUT2D eigenvalue weighted by Gasteiger charge is -2.42. The van der Waals surface area contributed by atoms with Crippen LogP contribution in [0.5, 0.6) is 0 Å². The Balaban J connectivity index is 2.28. The normalized spacial score (nSPS) is 19.2. The van der Waals surface area contributed by atoms with Crippen LogP contribution in [0.15, 0.2) is 23.4 Å². The third kappa shape index (κ3) is 3.85. The van der Waals surface area contributed by atoms with Gasteiger partial charge in [0.15, 0.2) is 0 Å². The quantitative estimate of drug-likeness (QED) is 0.532. The first-order chi connectivity index (χ1) is 11.2. The zero-order chi connectivity index (χ0) is 18.0. The third-order valence-electron chi connectivity index (χ3n) is 5.32. The van der Waals surface area contributed by atoms with Crippen molar-refractivity contribution in [2.75, 3.05) is 6.61 Å². The molecule has 0 bridgehead atoms. The first kappa shape index (κ1) is 18.6. The Hall–Kier alpha value is -1.71. The average molecular weight is 331 g/mol. The Kier molecular flexibility index (Phi) is 5.46. The van der Waals surface area contributed by atoms with E-state index in [4.69, 9.17) is 4.74 Å². The van der Waals surface area contributed by atoms with Crippen molar-refractivity contribution in [2.45, 2.75) is 77.2 Å². The number of hydrogen-bond donors (Lipinski definition) is 0. The van der Waals surface area contributed by atoms with Gasteiger partial charge in [0.2, 0.25) is 0 Å². The highest BCUT2D eigenvalue weighted by molar-refractivity contribution is 5.69. The number of fused-ring (bicyclic) bond motifs is 1. The van der Waals surface area contributed by atoms with E-state index in [0.29, 0.717) is 13.0 Å². The monoisotopic (exact) mass is 331 g/mol. The number of nitrogens with zero attached hydrogens (tertiary/aromatic N) is 1. The summed E-state index contributed by atoms with van der Waals surface area (Å²) in [6.07, 6.45) is 2.89. The van der Waals surface area contributed by atoms with Gasteiger partial charge in [0.25, 0.3) is 0 Å². The number of nitroso groups, excluding NO2 is 1. The summed E-state index contributed by atoms with van der Waals surface area (Å²) in [5.41, 5.74) is 3.81. The van der Waals surface area contributed by atoms with Crippen LogP contribution in [-0.4, -0.2) is 12.6 Å². The van der Waals surface area contributed by atoms with Gasteiger partial charge in [0.1, 0.15) is 6.04 Å². The van der Waals surface area contributed by atoms with Crippen LogP contribution in [0, 0.1) is 4.91 Å². The highest BCUT2D eigenvalue weighted by Crippen LogP contribution is 2.46. The Labute approximate surface area is 145 Å². The molecule has 0 aromatic heterocycles. The van der Waals surface area contributed by atoms with Gasteiger partial charge >= 0.3 is 5.97 Å². The molecular formula is C20H29NO3. The first-order valence-electron chi connectivity index (χ1n) is 8.84. The van der Waals surface area contributed by atoms with Crippen LogP contribution in [0.1, 0.15) is 83.0 Å². The Morgan fingerprint density at radius 2 is 1.79 bits per heavy atom. The SMILES string of the molecule is CCOC(=O)CCC(N=O)c1ccc2c(c1)C(C)(C)CCC2(C)C. The fourth-order valence-corrected chi connectivity index (χ4v) is 3.58. The molecule has 0 saturated carbocycles. The molecule has 24 heavy (non-hydrogen) atoms. The number of carbonyl (C=O) groups excluding carboxylic acids is 1. The van der Waals surface area contributed by atoms with Crippen LogP contribution in [0.4, 0.5) is 0 Å². The van der Waals surface area contributed by atoms with Crippen LogP contribution >= 0.6 is 0 Å². The molecule has 1 unspecified atom stereocenters. The van der Waals surface area contributed by atoms with Crippen LogP contribution < -0.4 is 0 Å². The Bertz CT molecular complexity index is 619. The maximum Gasteiger partial charge on any atom is 0.305 e. The summed E-state index contributed by atoms with van der Waals surface area (Å²) in [6.45, 7) is 11.2. The Morgan fingerprint density at radius 3 is 2.38 bits per heavy atom. The molecule has 0 N–H and O–H groups in total. The minimum absolute atomic E-state index is 0.0927. The van der Waals surface area contributed by atoms with Crippen molar-refractivity contribution < 1.29 is 9.53 Å². The standard InChI is InChI=1S/C20H29NO3/c1-6-24-18(22)10-9-17(21-23)14-7-8-15-16(13-14)20(4,5)12-11-19(15,2)3/h7-8,13,17H,6,9-12H2,1-5H3. The molecule has 0 aliphatic heterocycles. The number of hydrogen-bond acceptors (Lipinski definition) is 4. The minimum Gasteiger partial charge on any atom is -0.466 e. The molecule has 132 valence electrons. The predicted molar refractivity (Wildman–Crippen MR) is 96.1 cm³/mol. The summed E-state index contributed by atoms with van der Waals surface area (Å²) >= 11 is 0. The maximum absolute atomic E-state index is 11.5. The topological polar surface area (TPSA) is 55.7 Å². The van der Waals surface area contributed by atoms with E-state index in [1.54, 1.807) is 6.92 Å². The summed E-state index contributed by atoms with van der Waals surface area (Å²) in [7, 11) is 0. The van der Waals surface area contributed by atoms with Gasteiger partial charge in [-0.3, -0.25) is 4.79 Å². The molecule has 0 fully saturated rings. The number of rotatable bonds is 6. The number of esters is 1. The minimum atomic E-state index is -0.499. The average Bonchev–Trinajstić information content (AvgIpc) is 2.53. The van der Waals surface area contributed by atoms with E-state index in [1.165, 1.54) is 11.1 Å². The summed E-state index contributed by atoms with van der Waals surface area (Å²) in [5.74, 6) is -0.273. The van der Waals surface area contributed by atoms with Gasteiger partial charge in [0.05, 0.1) is 6.61 Å². The largest absolute Gasteiger partial charge is 0.466 e. The molecule has 0 saturated heterocycles. The van der Waals surface area contributed by atoms with Gasteiger partial charge in [-0.25, -0.2) is 0 Å². The number of ether oxygens (including phenoxy) is 1. The molecule has 1 aliphatic carbocycles. The van der Waals surface area contributed by atoms with Crippen molar-refractivity contribution in [1.82, 2.24) is 0 Å². The summed E-state index contributed by atoms with van der Waals surface area (Å²) in [4.78, 5) is 22.9. The molecule has 0 amide bonds. The maximum atomic E-state index is 11.5. The van der Waals surface area contributed by atoms with E-state index in [9.17, 15) is 9.70 Å². The van der Waals surface area contributed by atoms with Crippen LogP contribution in [-0.2, 0) is 20.4 Å². The van der Waals surface area contributed by atoms with E-state index in [2.05, 4.69) is 45.0 Å². The lowest BCUT2D eigenvalue weighted by Crippen LogP contribution is -2.34. The van der Waals surface area contributed by atoms with Gasteiger partial charge in [-0.15, -0.1) is 0 Å². The van der Waals surface area contributed by atoms with Crippen molar-refractivity contribution in [1.29, 1.82) is 0 Å². The molecule has 1 aromatic rings. The third-order valence-corrected chi connectivity index (χ3v) is 5.32. The van der Waals surface area contributed by atoms with Crippen LogP contribution in [0.25, 0.3) is 0 Å². The van der Waals surface area contributed by atoms with Gasteiger partial charge in [-0.05, 0) is 53.7 Å². The second-order valence-corrected chi connectivity index (χ2v) is 8.04. The van der Waals surface area contributed by atoms with Crippen molar-refractivity contribution >= 4 is 5.97 Å². The van der Waals surface area contributed by atoms with Crippen molar-refractivity contribution in [2.24, 2.45) is 5.18 Å². The lowest BCUT2D eigenvalue weighted by molar-refractivity contribution is -0.143. The van der Waals surface area contributed by atoms with E-state index >= 15 is 0 Å². The molecule has 1 aromatic carbocycles. The predicted octanol–water partition coefficient (Wildman–Crippen LogP) is 5.19. The zero-order valence-corrected chi connectivity index (χ0v) is 15.5. The molecular weight excluding hydrogens is 302 g/mol. The first-order valence-corrected chi connectivity index (χ1v) is 8.84. The Morgan fingerprint density at radius 1 is 1.17 bits per heavy atom. The molecule has 2 rings (SSSR count). The molecule has 4 nitrogen and oxygen atoms in total. The highest BCUT2D eigenvalue weighted by atomic mass is 16.5. The van der Waals surface area contributed by atoms with Gasteiger partial charge < -0.3 is 4.74 Å². The second-order valence-electron chi connectivity index (χ2n) is 8.04. The fraction of sp³-hybridized carbons (Fsp3) is 0.650. The van der Waals surface area contributed by atoms with Gasteiger partial charge in [-0.1, -0.05) is 51.1 Å². The molecule has 0 spiro atoms. The number of benzene rings is 1. The smallest absolute Gasteiger partial charge is 0.305 e. The lowest BCUT2D eigenvalue weighted by atomic mass is 9.63. The van der Waals surface area contributed by atoms with E-state index in [-0.39, 0.29) is 23.2 Å². The van der Waals surface area contributed by atoms with E-state index in [1.807, 2.05) is 6.07 Å². The summed E-state index contributed by atoms with van der Waals surface area (Å²) < 4.78 is 4.94. The molecule has 4 heteroatoms. The van der Waals surface area contributed by atoms with Crippen LogP contribution in [0.2, 0.25) is 0 Å². The molecule has 1 atom stereocenters. The van der Waals surface area contributed by atoms with E-state index < -0.39 is 6.04 Å². The van der Waals surface area contributed by atoms with Gasteiger partial charge in [0, 0.05) is 6.42 Å². The summed E-state index contributed by atoms with van der Waals surface area (Å²) in [6, 6.07) is 5.78. The zero-order valence-electron chi connectivity index (χ0n) is 15.5. The van der Waals surface area contributed by atoms with E-state index in [0.717, 1.165) is 18.4 Å². The second kappa shape index (κ2) is 7.04. The molecule has 1 aliphatic rings. The van der Waals surface area contributed by atoms with Gasteiger partial charge in [-0.2, -0.15) is 4.91 Å². The van der Waals surface area contributed by atoms with Crippen LogP contribution in [0.3, 0.4) is 0 Å².